The summed E-state index contributed by atoms with van der Waals surface area (Å²) in [4.78, 5) is 16.5. The molecule has 0 aliphatic heterocycles. The van der Waals surface area contributed by atoms with E-state index >= 15 is 0 Å². The van der Waals surface area contributed by atoms with Crippen LogP contribution in [0.25, 0.3) is 0 Å². The van der Waals surface area contributed by atoms with Crippen molar-refractivity contribution in [3.8, 4) is 0 Å². The van der Waals surface area contributed by atoms with Crippen LogP contribution in [-0.2, 0) is 6.54 Å². The van der Waals surface area contributed by atoms with E-state index in [1.54, 1.807) is 6.07 Å². The highest BCUT2D eigenvalue weighted by atomic mass is 16.1. The van der Waals surface area contributed by atoms with E-state index in [0.717, 1.165) is 17.0 Å². The molecule has 104 valence electrons. The summed E-state index contributed by atoms with van der Waals surface area (Å²) in [6.07, 6.45) is 0. The van der Waals surface area contributed by atoms with Gasteiger partial charge in [-0.1, -0.05) is 12.1 Å². The number of amides is 1. The zero-order chi connectivity index (χ0) is 14.5. The number of nitrogens with zero attached hydrogens (tertiary/aromatic N) is 1. The smallest absolute Gasteiger partial charge is 0.253 e. The zero-order valence-electron chi connectivity index (χ0n) is 11.6. The molecule has 0 fully saturated rings. The molecule has 0 unspecified atom stereocenters. The normalized spacial score (nSPS) is 10.2. The Balaban J connectivity index is 2.09. The average Bonchev–Trinajstić information content (AvgIpc) is 2.44. The zero-order valence-corrected chi connectivity index (χ0v) is 11.6. The summed E-state index contributed by atoms with van der Waals surface area (Å²) in [5, 5.41) is 2.84. The van der Waals surface area contributed by atoms with E-state index in [9.17, 15) is 4.79 Å². The lowest BCUT2D eigenvalue weighted by molar-refractivity contribution is 0.0951. The molecule has 0 radical (unpaired) electrons. The summed E-state index contributed by atoms with van der Waals surface area (Å²) in [7, 11) is 0. The van der Waals surface area contributed by atoms with Gasteiger partial charge in [0, 0.05) is 5.69 Å². The lowest BCUT2D eigenvalue weighted by Gasteiger charge is -2.10. The van der Waals surface area contributed by atoms with Crippen molar-refractivity contribution in [2.75, 3.05) is 5.43 Å². The molecule has 0 saturated carbocycles. The molecule has 20 heavy (non-hydrogen) atoms. The van der Waals surface area contributed by atoms with Gasteiger partial charge in [-0.2, -0.15) is 0 Å². The maximum absolute atomic E-state index is 12.2. The molecule has 1 aromatic carbocycles. The van der Waals surface area contributed by atoms with Crippen LogP contribution in [0.5, 0.6) is 0 Å². The second-order valence-corrected chi connectivity index (χ2v) is 4.65. The number of benzene rings is 1. The highest BCUT2D eigenvalue weighted by molar-refractivity contribution is 5.99. The van der Waals surface area contributed by atoms with E-state index in [1.807, 2.05) is 44.2 Å². The van der Waals surface area contributed by atoms with Crippen LogP contribution in [0.4, 0.5) is 5.69 Å². The Bertz CT molecular complexity index is 625. The van der Waals surface area contributed by atoms with Crippen LogP contribution >= 0.6 is 0 Å². The highest BCUT2D eigenvalue weighted by Gasteiger charge is 2.10. The highest BCUT2D eigenvalue weighted by Crippen LogP contribution is 2.16. The van der Waals surface area contributed by atoms with Gasteiger partial charge >= 0.3 is 0 Å². The van der Waals surface area contributed by atoms with E-state index in [-0.39, 0.29) is 5.91 Å². The molecule has 0 atom stereocenters. The molecule has 0 aliphatic carbocycles. The first-order chi connectivity index (χ1) is 9.60. The van der Waals surface area contributed by atoms with Crippen molar-refractivity contribution < 1.29 is 4.79 Å². The summed E-state index contributed by atoms with van der Waals surface area (Å²) >= 11 is 0. The second-order valence-electron chi connectivity index (χ2n) is 4.65. The van der Waals surface area contributed by atoms with Crippen LogP contribution in [0.2, 0.25) is 0 Å². The van der Waals surface area contributed by atoms with E-state index in [0.29, 0.717) is 17.8 Å². The van der Waals surface area contributed by atoms with E-state index in [2.05, 4.69) is 15.7 Å². The van der Waals surface area contributed by atoms with Gasteiger partial charge in [0.05, 0.1) is 23.5 Å². The predicted molar refractivity (Wildman–Crippen MR) is 79.1 cm³/mol. The van der Waals surface area contributed by atoms with Gasteiger partial charge in [-0.3, -0.25) is 15.6 Å². The van der Waals surface area contributed by atoms with Gasteiger partial charge in [0.1, 0.15) is 0 Å². The summed E-state index contributed by atoms with van der Waals surface area (Å²) in [6, 6.07) is 11.2. The van der Waals surface area contributed by atoms with Gasteiger partial charge < -0.3 is 10.7 Å². The number of nitrogens with one attached hydrogen (secondary N) is 2. The van der Waals surface area contributed by atoms with Crippen molar-refractivity contribution in [1.29, 1.82) is 0 Å². The van der Waals surface area contributed by atoms with Crippen molar-refractivity contribution in [2.24, 2.45) is 5.84 Å². The van der Waals surface area contributed by atoms with E-state index in [4.69, 9.17) is 5.84 Å². The minimum absolute atomic E-state index is 0.179. The SMILES string of the molecule is Cc1ccc(C(=O)NCc2cccc(C)n2)c(NN)c1. The summed E-state index contributed by atoms with van der Waals surface area (Å²) in [5.41, 5.74) is 6.47. The molecule has 0 aliphatic rings. The summed E-state index contributed by atoms with van der Waals surface area (Å²) in [5.74, 6) is 5.26. The first kappa shape index (κ1) is 14.0. The average molecular weight is 270 g/mol. The maximum atomic E-state index is 12.2. The molecule has 2 rings (SSSR count). The molecule has 1 amide bonds. The quantitative estimate of drug-likeness (QED) is 0.585. The van der Waals surface area contributed by atoms with Gasteiger partial charge in [0.15, 0.2) is 0 Å². The van der Waals surface area contributed by atoms with Crippen LogP contribution in [0.1, 0.15) is 27.3 Å². The number of nitrogen functional groups attached to an aromatic ring is 1. The van der Waals surface area contributed by atoms with Crippen LogP contribution in [0.3, 0.4) is 0 Å². The molecule has 4 N–H and O–H groups in total. The number of carbonyl (C=O) groups excluding carboxylic acids is 1. The van der Waals surface area contributed by atoms with Crippen LogP contribution in [0.15, 0.2) is 36.4 Å². The Morgan fingerprint density at radius 3 is 2.75 bits per heavy atom. The molecule has 5 nitrogen and oxygen atoms in total. The molecule has 0 spiro atoms. The van der Waals surface area contributed by atoms with Gasteiger partial charge in [-0.15, -0.1) is 0 Å². The largest absolute Gasteiger partial charge is 0.346 e. The number of carbonyl (C=O) groups is 1. The molecule has 0 bridgehead atoms. The van der Waals surface area contributed by atoms with Crippen molar-refractivity contribution in [2.45, 2.75) is 20.4 Å². The topological polar surface area (TPSA) is 80.0 Å². The number of pyridine rings is 1. The van der Waals surface area contributed by atoms with Gasteiger partial charge in [-0.25, -0.2) is 0 Å². The fraction of sp³-hybridized carbons (Fsp3) is 0.200. The van der Waals surface area contributed by atoms with Crippen molar-refractivity contribution in [1.82, 2.24) is 10.3 Å². The molecule has 1 heterocycles. The van der Waals surface area contributed by atoms with Gasteiger partial charge in [-0.05, 0) is 43.7 Å². The standard InChI is InChI=1S/C15H18N4O/c1-10-6-7-13(14(8-10)19-16)15(20)17-9-12-5-3-4-11(2)18-12/h3-8,19H,9,16H2,1-2H3,(H,17,20). The molecule has 5 heteroatoms. The Morgan fingerprint density at radius 2 is 2.05 bits per heavy atom. The third kappa shape index (κ3) is 3.33. The number of aryl methyl sites for hydroxylation is 2. The Hall–Kier alpha value is -2.40. The molecule has 1 aromatic heterocycles. The number of hydrazine groups is 1. The van der Waals surface area contributed by atoms with Crippen molar-refractivity contribution >= 4 is 11.6 Å². The van der Waals surface area contributed by atoms with Crippen molar-refractivity contribution in [3.05, 3.63) is 58.9 Å². The van der Waals surface area contributed by atoms with Crippen LogP contribution in [0, 0.1) is 13.8 Å². The fourth-order valence-electron chi connectivity index (χ4n) is 1.94. The first-order valence-corrected chi connectivity index (χ1v) is 6.38. The fourth-order valence-corrected chi connectivity index (χ4v) is 1.94. The van der Waals surface area contributed by atoms with Gasteiger partial charge in [0.2, 0.25) is 0 Å². The van der Waals surface area contributed by atoms with Crippen LogP contribution < -0.4 is 16.6 Å². The van der Waals surface area contributed by atoms with E-state index < -0.39 is 0 Å². The summed E-state index contributed by atoms with van der Waals surface area (Å²) < 4.78 is 0. The lowest BCUT2D eigenvalue weighted by atomic mass is 10.1. The minimum atomic E-state index is -0.179. The second kappa shape index (κ2) is 6.16. The molecular formula is C15H18N4O. The number of nitrogens with two attached hydrogens (primary N) is 1. The number of anilines is 1. The maximum Gasteiger partial charge on any atom is 0.253 e. The number of hydrogen-bond acceptors (Lipinski definition) is 4. The van der Waals surface area contributed by atoms with Crippen molar-refractivity contribution in [3.63, 3.8) is 0 Å². The molecule has 2 aromatic rings. The molecular weight excluding hydrogens is 252 g/mol. The number of hydrogen-bond donors (Lipinski definition) is 3. The Kier molecular flexibility index (Phi) is 4.32. The molecule has 0 saturated heterocycles. The Labute approximate surface area is 118 Å². The van der Waals surface area contributed by atoms with E-state index in [1.165, 1.54) is 0 Å². The lowest BCUT2D eigenvalue weighted by Crippen LogP contribution is -2.25. The van der Waals surface area contributed by atoms with Gasteiger partial charge in [0.25, 0.3) is 5.91 Å². The van der Waals surface area contributed by atoms with Crippen LogP contribution in [-0.4, -0.2) is 10.9 Å². The third-order valence-electron chi connectivity index (χ3n) is 2.95. The summed E-state index contributed by atoms with van der Waals surface area (Å²) in [6.45, 7) is 4.25. The monoisotopic (exact) mass is 270 g/mol. The minimum Gasteiger partial charge on any atom is -0.346 e. The first-order valence-electron chi connectivity index (χ1n) is 6.38. The predicted octanol–water partition coefficient (Wildman–Crippen LogP) is 1.91. The Morgan fingerprint density at radius 1 is 1.25 bits per heavy atom. The number of aromatic nitrogens is 1. The third-order valence-corrected chi connectivity index (χ3v) is 2.95. The number of rotatable bonds is 4.